The molecule has 136 valence electrons. The zero-order valence-electron chi connectivity index (χ0n) is 15.7. The van der Waals surface area contributed by atoms with E-state index in [0.717, 1.165) is 5.75 Å². The van der Waals surface area contributed by atoms with Gasteiger partial charge in [0, 0.05) is 18.3 Å². The smallest absolute Gasteiger partial charge is 0.302 e. The quantitative estimate of drug-likeness (QED) is 0.607. The molecule has 2 aliphatic rings. The lowest BCUT2D eigenvalue weighted by atomic mass is 9.56. The molecule has 0 saturated carbocycles. The molecular formula is C21H28O4. The average Bonchev–Trinajstić information content (AvgIpc) is 2.59. The van der Waals surface area contributed by atoms with E-state index in [4.69, 9.17) is 14.2 Å². The van der Waals surface area contributed by atoms with E-state index in [2.05, 4.69) is 39.0 Å². The third kappa shape index (κ3) is 3.08. The van der Waals surface area contributed by atoms with Crippen molar-refractivity contribution in [3.63, 3.8) is 0 Å². The molecule has 1 saturated heterocycles. The first-order valence-corrected chi connectivity index (χ1v) is 8.96. The minimum atomic E-state index is -0.228. The van der Waals surface area contributed by atoms with Crippen LogP contribution in [0.4, 0.5) is 0 Å². The molecular weight excluding hydrogens is 316 g/mol. The number of allylic oxidation sites excluding steroid dienone is 1. The maximum atomic E-state index is 11.4. The van der Waals surface area contributed by atoms with Crippen LogP contribution in [0, 0.1) is 23.2 Å². The predicted octanol–water partition coefficient (Wildman–Crippen LogP) is 4.16. The molecule has 4 heteroatoms. The molecule has 0 N–H and O–H groups in total. The number of methoxy groups -OCH3 is 1. The van der Waals surface area contributed by atoms with Crippen LogP contribution < -0.4 is 4.74 Å². The van der Waals surface area contributed by atoms with Gasteiger partial charge in [0.25, 0.3) is 0 Å². The molecule has 1 aliphatic carbocycles. The van der Waals surface area contributed by atoms with Crippen molar-refractivity contribution in [2.24, 2.45) is 23.2 Å². The Morgan fingerprint density at radius 2 is 1.96 bits per heavy atom. The van der Waals surface area contributed by atoms with Crippen LogP contribution >= 0.6 is 0 Å². The standard InChI is InChI=1S/C21H28O4/c1-13-10-14(2)21(11-24-16(4)22)12-25-20(19(13)15(21)3)17-6-8-18(23-5)9-7-17/h6-10,14-15,19-20H,11-12H2,1-5H3/t14-,15-,19+,20-,21-/m1/s1. The second-order valence-electron chi connectivity index (χ2n) is 7.53. The van der Waals surface area contributed by atoms with Gasteiger partial charge in [-0.25, -0.2) is 0 Å². The molecule has 5 atom stereocenters. The second kappa shape index (κ2) is 6.83. The Hall–Kier alpha value is -1.81. The van der Waals surface area contributed by atoms with Crippen LogP contribution in [0.2, 0.25) is 0 Å². The molecule has 1 heterocycles. The van der Waals surface area contributed by atoms with E-state index in [-0.39, 0.29) is 23.4 Å². The Labute approximate surface area is 150 Å². The summed E-state index contributed by atoms with van der Waals surface area (Å²) < 4.78 is 17.1. The van der Waals surface area contributed by atoms with Crippen molar-refractivity contribution in [3.8, 4) is 5.75 Å². The molecule has 0 radical (unpaired) electrons. The molecule has 0 unspecified atom stereocenters. The molecule has 0 spiro atoms. The maximum Gasteiger partial charge on any atom is 0.302 e. The zero-order valence-corrected chi connectivity index (χ0v) is 15.7. The van der Waals surface area contributed by atoms with Gasteiger partial charge in [-0.3, -0.25) is 4.79 Å². The molecule has 25 heavy (non-hydrogen) atoms. The van der Waals surface area contributed by atoms with Crippen molar-refractivity contribution < 1.29 is 19.0 Å². The summed E-state index contributed by atoms with van der Waals surface area (Å²) in [5, 5.41) is 0. The Kier molecular flexibility index (Phi) is 4.92. The number of ether oxygens (including phenoxy) is 3. The third-order valence-corrected chi connectivity index (χ3v) is 6.24. The molecule has 4 nitrogen and oxygen atoms in total. The number of hydrogen-bond donors (Lipinski definition) is 0. The number of carbonyl (C=O) groups is 1. The minimum Gasteiger partial charge on any atom is -0.497 e. The summed E-state index contributed by atoms with van der Waals surface area (Å²) >= 11 is 0. The summed E-state index contributed by atoms with van der Waals surface area (Å²) in [6.07, 6.45) is 2.36. The lowest BCUT2D eigenvalue weighted by Gasteiger charge is -2.55. The van der Waals surface area contributed by atoms with Crippen LogP contribution in [0.5, 0.6) is 5.75 Å². The highest BCUT2D eigenvalue weighted by Gasteiger charge is 2.54. The van der Waals surface area contributed by atoms with Crippen LogP contribution in [0.1, 0.15) is 39.4 Å². The first-order valence-electron chi connectivity index (χ1n) is 8.96. The highest BCUT2D eigenvalue weighted by Crippen LogP contribution is 2.56. The van der Waals surface area contributed by atoms with Gasteiger partial charge in [0.15, 0.2) is 0 Å². The van der Waals surface area contributed by atoms with E-state index in [1.54, 1.807) is 7.11 Å². The minimum absolute atomic E-state index is 0.0232. The van der Waals surface area contributed by atoms with E-state index in [9.17, 15) is 4.79 Å². The molecule has 0 aromatic heterocycles. The average molecular weight is 344 g/mol. The van der Waals surface area contributed by atoms with Gasteiger partial charge in [-0.05, 0) is 36.5 Å². The number of rotatable bonds is 4. The van der Waals surface area contributed by atoms with Crippen molar-refractivity contribution in [2.75, 3.05) is 20.3 Å². The Morgan fingerprint density at radius 3 is 2.56 bits per heavy atom. The Morgan fingerprint density at radius 1 is 1.28 bits per heavy atom. The molecule has 2 bridgehead atoms. The monoisotopic (exact) mass is 344 g/mol. The van der Waals surface area contributed by atoms with Gasteiger partial charge in [-0.1, -0.05) is 37.6 Å². The number of benzene rings is 1. The summed E-state index contributed by atoms with van der Waals surface area (Å²) in [5.74, 6) is 1.59. The van der Waals surface area contributed by atoms with Crippen molar-refractivity contribution in [1.82, 2.24) is 0 Å². The van der Waals surface area contributed by atoms with Gasteiger partial charge in [0.2, 0.25) is 0 Å². The number of fused-ring (bicyclic) bond motifs is 2. The fourth-order valence-corrected chi connectivity index (χ4v) is 4.59. The topological polar surface area (TPSA) is 44.8 Å². The Balaban J connectivity index is 1.92. The van der Waals surface area contributed by atoms with E-state index >= 15 is 0 Å². The van der Waals surface area contributed by atoms with Crippen LogP contribution in [-0.4, -0.2) is 26.3 Å². The normalized spacial score (nSPS) is 34.2. The van der Waals surface area contributed by atoms with Crippen LogP contribution in [0.25, 0.3) is 0 Å². The maximum absolute atomic E-state index is 11.4. The molecule has 1 fully saturated rings. The lowest BCUT2D eigenvalue weighted by molar-refractivity contribution is -0.180. The fourth-order valence-electron chi connectivity index (χ4n) is 4.59. The van der Waals surface area contributed by atoms with Crippen molar-refractivity contribution in [2.45, 2.75) is 33.8 Å². The van der Waals surface area contributed by atoms with E-state index < -0.39 is 0 Å². The summed E-state index contributed by atoms with van der Waals surface area (Å²) in [4.78, 5) is 11.4. The van der Waals surface area contributed by atoms with Gasteiger partial charge < -0.3 is 14.2 Å². The van der Waals surface area contributed by atoms with Crippen LogP contribution in [0.3, 0.4) is 0 Å². The van der Waals surface area contributed by atoms with Gasteiger partial charge in [-0.15, -0.1) is 0 Å². The summed E-state index contributed by atoms with van der Waals surface area (Å²) in [5.41, 5.74) is 2.37. The second-order valence-corrected chi connectivity index (χ2v) is 7.53. The highest BCUT2D eigenvalue weighted by molar-refractivity contribution is 5.66. The van der Waals surface area contributed by atoms with Gasteiger partial charge >= 0.3 is 5.97 Å². The first-order chi connectivity index (χ1) is 11.9. The van der Waals surface area contributed by atoms with Gasteiger partial charge in [0.1, 0.15) is 5.75 Å². The van der Waals surface area contributed by atoms with Crippen molar-refractivity contribution in [1.29, 1.82) is 0 Å². The van der Waals surface area contributed by atoms with Crippen LogP contribution in [0.15, 0.2) is 35.9 Å². The van der Waals surface area contributed by atoms with Crippen LogP contribution in [-0.2, 0) is 14.3 Å². The Bertz CT molecular complexity index is 663. The summed E-state index contributed by atoms with van der Waals surface area (Å²) in [7, 11) is 1.67. The molecule has 1 aromatic carbocycles. The van der Waals surface area contributed by atoms with E-state index in [0.29, 0.717) is 25.0 Å². The summed E-state index contributed by atoms with van der Waals surface area (Å²) in [6.45, 7) is 9.16. The highest BCUT2D eigenvalue weighted by atomic mass is 16.5. The third-order valence-electron chi connectivity index (χ3n) is 6.24. The summed E-state index contributed by atoms with van der Waals surface area (Å²) in [6, 6.07) is 8.13. The molecule has 1 aliphatic heterocycles. The van der Waals surface area contributed by atoms with Gasteiger partial charge in [-0.2, -0.15) is 0 Å². The van der Waals surface area contributed by atoms with E-state index in [1.807, 2.05) is 12.1 Å². The predicted molar refractivity (Wildman–Crippen MR) is 96.3 cm³/mol. The zero-order chi connectivity index (χ0) is 18.2. The number of esters is 1. The van der Waals surface area contributed by atoms with Gasteiger partial charge in [0.05, 0.1) is 26.4 Å². The van der Waals surface area contributed by atoms with E-state index in [1.165, 1.54) is 18.1 Å². The SMILES string of the molecule is COc1ccc([C@H]2OC[C@]3(COC(C)=O)[C@H](C)C=C(C)[C@H]2[C@H]3C)cc1. The molecule has 0 amide bonds. The molecule has 3 rings (SSSR count). The fraction of sp³-hybridized carbons (Fsp3) is 0.571. The number of hydrogen-bond acceptors (Lipinski definition) is 4. The molecule has 1 aromatic rings. The van der Waals surface area contributed by atoms with Crippen molar-refractivity contribution >= 4 is 5.97 Å². The largest absolute Gasteiger partial charge is 0.497 e. The van der Waals surface area contributed by atoms with Crippen molar-refractivity contribution in [3.05, 3.63) is 41.5 Å². The first kappa shape index (κ1) is 18.0. The number of carbonyl (C=O) groups excluding carboxylic acids is 1. The lowest BCUT2D eigenvalue weighted by Crippen LogP contribution is -2.54.